The van der Waals surface area contributed by atoms with Gasteiger partial charge in [0.05, 0.1) is 6.61 Å². The molecule has 34 heavy (non-hydrogen) atoms. The van der Waals surface area contributed by atoms with E-state index in [1.807, 2.05) is 6.92 Å². The molecule has 9 nitrogen and oxygen atoms in total. The Labute approximate surface area is 205 Å². The minimum absolute atomic E-state index is 0.0189. The molecular weight excluding hydrogens is 466 g/mol. The van der Waals surface area contributed by atoms with E-state index in [1.54, 1.807) is 4.57 Å². The van der Waals surface area contributed by atoms with E-state index in [1.165, 1.54) is 6.33 Å². The van der Waals surface area contributed by atoms with Crippen LogP contribution in [-0.4, -0.2) is 66.2 Å². The molecule has 1 aliphatic heterocycles. The predicted molar refractivity (Wildman–Crippen MR) is 140 cm³/mol. The molecular formula is C23H43N5O4Si2. The summed E-state index contributed by atoms with van der Waals surface area (Å²) in [4.78, 5) is 13.0. The quantitative estimate of drug-likeness (QED) is 0.551. The van der Waals surface area contributed by atoms with Gasteiger partial charge in [-0.25, -0.2) is 15.0 Å². The minimum atomic E-state index is -2.21. The molecule has 1 aliphatic rings. The lowest BCUT2D eigenvalue weighted by Crippen LogP contribution is -2.51. The molecule has 0 aromatic carbocycles. The Morgan fingerprint density at radius 3 is 2.21 bits per heavy atom. The first-order valence-corrected chi connectivity index (χ1v) is 17.8. The van der Waals surface area contributed by atoms with Crippen molar-refractivity contribution in [1.82, 2.24) is 19.5 Å². The maximum atomic E-state index is 11.6. The van der Waals surface area contributed by atoms with Gasteiger partial charge in [0.2, 0.25) is 0 Å². The van der Waals surface area contributed by atoms with Crippen molar-refractivity contribution < 1.29 is 18.7 Å². The molecule has 11 heteroatoms. The van der Waals surface area contributed by atoms with Gasteiger partial charge in [0.25, 0.3) is 0 Å². The number of aliphatic hydroxyl groups is 1. The summed E-state index contributed by atoms with van der Waals surface area (Å²) in [7, 11) is -4.24. The topological polar surface area (TPSA) is 118 Å². The van der Waals surface area contributed by atoms with Gasteiger partial charge in [-0.05, 0) is 43.2 Å². The molecule has 1 saturated heterocycles. The zero-order chi connectivity index (χ0) is 25.9. The maximum Gasteiger partial charge on any atom is 0.192 e. The number of fused-ring (bicyclic) bond motifs is 1. The van der Waals surface area contributed by atoms with E-state index < -0.39 is 41.2 Å². The molecule has 2 aromatic rings. The number of hydrogen-bond donors (Lipinski definition) is 2. The summed E-state index contributed by atoms with van der Waals surface area (Å²) in [6.07, 6.45) is -1.21. The van der Waals surface area contributed by atoms with E-state index in [0.29, 0.717) is 29.4 Å². The Balaban J connectivity index is 1.99. The monoisotopic (exact) mass is 509 g/mol. The Kier molecular flexibility index (Phi) is 7.15. The van der Waals surface area contributed by atoms with Crippen molar-refractivity contribution in [1.29, 1.82) is 0 Å². The van der Waals surface area contributed by atoms with Crippen LogP contribution >= 0.6 is 0 Å². The van der Waals surface area contributed by atoms with Gasteiger partial charge < -0.3 is 24.4 Å². The fraction of sp³-hybridized carbons (Fsp3) is 0.783. The van der Waals surface area contributed by atoms with Crippen LogP contribution in [-0.2, 0) is 13.6 Å². The van der Waals surface area contributed by atoms with Crippen molar-refractivity contribution in [3.63, 3.8) is 0 Å². The van der Waals surface area contributed by atoms with E-state index in [-0.39, 0.29) is 10.1 Å². The normalized spacial score (nSPS) is 24.8. The highest BCUT2D eigenvalue weighted by atomic mass is 28.4. The number of hydrogen-bond acceptors (Lipinski definition) is 8. The van der Waals surface area contributed by atoms with Gasteiger partial charge in [-0.15, -0.1) is 0 Å². The number of rotatable bonds is 6. The van der Waals surface area contributed by atoms with E-state index in [9.17, 15) is 5.11 Å². The van der Waals surface area contributed by atoms with Crippen LogP contribution in [0.2, 0.25) is 36.3 Å². The molecule has 2 aromatic heterocycles. The summed E-state index contributed by atoms with van der Waals surface area (Å²) in [6.45, 7) is 24.2. The number of imidazole rings is 1. The van der Waals surface area contributed by atoms with Crippen LogP contribution < -0.4 is 5.73 Å². The molecule has 3 rings (SSSR count). The van der Waals surface area contributed by atoms with Gasteiger partial charge in [-0.2, -0.15) is 0 Å². The molecule has 3 heterocycles. The number of aromatic nitrogens is 4. The van der Waals surface area contributed by atoms with Gasteiger partial charge in [0.1, 0.15) is 30.5 Å². The molecule has 0 saturated carbocycles. The predicted octanol–water partition coefficient (Wildman–Crippen LogP) is 4.39. The third kappa shape index (κ3) is 4.96. The third-order valence-corrected chi connectivity index (χ3v) is 16.9. The summed E-state index contributed by atoms with van der Waals surface area (Å²) in [6, 6.07) is 0. The van der Waals surface area contributed by atoms with Gasteiger partial charge in [0.15, 0.2) is 39.8 Å². The van der Waals surface area contributed by atoms with Crippen LogP contribution in [0.4, 0.5) is 5.82 Å². The number of nitrogen functional groups attached to an aromatic ring is 1. The molecule has 0 radical (unpaired) electrons. The number of ether oxygens (including phenoxy) is 1. The number of anilines is 1. The Morgan fingerprint density at radius 2 is 1.65 bits per heavy atom. The van der Waals surface area contributed by atoms with Crippen molar-refractivity contribution >= 4 is 33.6 Å². The standard InChI is InChI=1S/C23H43N5O4Si2/c1-14-27-16-19(24)25-13-26-20(16)28(14)21-17(29)18(32-34(10,11)23(5,6)7)15(31-21)12-30-33(8,9)22(2,3)4/h13,15,17-18,21,29H,12H2,1-11H3,(H2,24,25,26)/t15-,17-,18-,21-/m1/s1. The lowest BCUT2D eigenvalue weighted by molar-refractivity contribution is -0.0496. The molecule has 0 spiro atoms. The first-order chi connectivity index (χ1) is 15.4. The second-order valence-electron chi connectivity index (χ2n) is 12.4. The first-order valence-electron chi connectivity index (χ1n) is 12.0. The summed E-state index contributed by atoms with van der Waals surface area (Å²) >= 11 is 0. The minimum Gasteiger partial charge on any atom is -0.414 e. The van der Waals surface area contributed by atoms with Crippen molar-refractivity contribution in [2.24, 2.45) is 0 Å². The highest BCUT2D eigenvalue weighted by Crippen LogP contribution is 2.43. The lowest BCUT2D eigenvalue weighted by atomic mass is 10.1. The van der Waals surface area contributed by atoms with E-state index in [4.69, 9.17) is 19.3 Å². The third-order valence-electron chi connectivity index (χ3n) is 7.90. The number of nitrogens with two attached hydrogens (primary N) is 1. The van der Waals surface area contributed by atoms with Crippen LogP contribution in [0.1, 0.15) is 53.6 Å². The molecule has 3 N–H and O–H groups in total. The molecule has 4 atom stereocenters. The largest absolute Gasteiger partial charge is 0.414 e. The average Bonchev–Trinajstić information content (AvgIpc) is 3.16. The van der Waals surface area contributed by atoms with Gasteiger partial charge >= 0.3 is 0 Å². The van der Waals surface area contributed by atoms with Crippen LogP contribution in [0.15, 0.2) is 6.33 Å². The van der Waals surface area contributed by atoms with E-state index in [2.05, 4.69) is 82.7 Å². The second-order valence-corrected chi connectivity index (χ2v) is 22.0. The van der Waals surface area contributed by atoms with E-state index >= 15 is 0 Å². The average molecular weight is 510 g/mol. The number of aryl methyl sites for hydroxylation is 1. The Morgan fingerprint density at radius 1 is 1.06 bits per heavy atom. The number of nitrogens with zero attached hydrogens (tertiary/aromatic N) is 4. The SMILES string of the molecule is Cc1nc2c(N)ncnc2n1[C@@H]1O[C@H](CO[Si](C)(C)C(C)(C)C)[C@@H](O[Si](C)(C)C(C)(C)C)[C@H]1O. The Hall–Kier alpha value is -1.38. The van der Waals surface area contributed by atoms with Crippen molar-refractivity contribution in [3.05, 3.63) is 12.2 Å². The zero-order valence-electron chi connectivity index (χ0n) is 22.6. The first kappa shape index (κ1) is 27.2. The van der Waals surface area contributed by atoms with Crippen molar-refractivity contribution in [3.8, 4) is 0 Å². The summed E-state index contributed by atoms with van der Waals surface area (Å²) < 4.78 is 21.6. The van der Waals surface area contributed by atoms with Gasteiger partial charge in [0, 0.05) is 0 Å². The molecule has 1 fully saturated rings. The molecule has 0 bridgehead atoms. The number of aliphatic hydroxyl groups excluding tert-OH is 1. The Bertz CT molecular complexity index is 1030. The fourth-order valence-corrected chi connectivity index (χ4v) is 5.92. The highest BCUT2D eigenvalue weighted by Gasteiger charge is 2.51. The maximum absolute atomic E-state index is 11.6. The van der Waals surface area contributed by atoms with Gasteiger partial charge in [-0.1, -0.05) is 41.5 Å². The molecule has 0 aliphatic carbocycles. The van der Waals surface area contributed by atoms with Gasteiger partial charge in [-0.3, -0.25) is 4.57 Å². The van der Waals surface area contributed by atoms with Crippen LogP contribution in [0, 0.1) is 6.92 Å². The molecule has 0 unspecified atom stereocenters. The fourth-order valence-electron chi connectivity index (χ4n) is 3.58. The lowest BCUT2D eigenvalue weighted by Gasteiger charge is -2.41. The van der Waals surface area contributed by atoms with Crippen molar-refractivity contribution in [2.45, 2.75) is 109 Å². The summed E-state index contributed by atoms with van der Waals surface area (Å²) in [5.74, 6) is 0.939. The van der Waals surface area contributed by atoms with Crippen molar-refractivity contribution in [2.75, 3.05) is 12.3 Å². The molecule has 192 valence electrons. The van der Waals surface area contributed by atoms with E-state index in [0.717, 1.165) is 0 Å². The highest BCUT2D eigenvalue weighted by molar-refractivity contribution is 6.74. The zero-order valence-corrected chi connectivity index (χ0v) is 24.6. The summed E-state index contributed by atoms with van der Waals surface area (Å²) in [5, 5.41) is 11.6. The second kappa shape index (κ2) is 8.93. The van der Waals surface area contributed by atoms with Crippen LogP contribution in [0.5, 0.6) is 0 Å². The summed E-state index contributed by atoms with van der Waals surface area (Å²) in [5.41, 5.74) is 7.06. The smallest absolute Gasteiger partial charge is 0.192 e. The molecule has 0 amide bonds. The van der Waals surface area contributed by atoms with Crippen LogP contribution in [0.3, 0.4) is 0 Å². The van der Waals surface area contributed by atoms with Crippen LogP contribution in [0.25, 0.3) is 11.2 Å².